The number of nitrogens with one attached hydrogen (secondary N) is 2. The van der Waals surface area contributed by atoms with Gasteiger partial charge in [0.05, 0.1) is 28.5 Å². The van der Waals surface area contributed by atoms with Crippen LogP contribution in [0.1, 0.15) is 30.2 Å². The second kappa shape index (κ2) is 10.4. The second-order valence-corrected chi connectivity index (χ2v) is 9.91. The van der Waals surface area contributed by atoms with Crippen LogP contribution < -0.4 is 15.5 Å². The average molecular weight is 555 g/mol. The van der Waals surface area contributed by atoms with Gasteiger partial charge in [-0.1, -0.05) is 19.9 Å². The van der Waals surface area contributed by atoms with Gasteiger partial charge in [0, 0.05) is 17.1 Å². The van der Waals surface area contributed by atoms with E-state index in [-0.39, 0.29) is 5.75 Å². The van der Waals surface area contributed by atoms with Crippen molar-refractivity contribution in [2.45, 2.75) is 26.1 Å². The van der Waals surface area contributed by atoms with Crippen molar-refractivity contribution in [3.63, 3.8) is 0 Å². The summed E-state index contributed by atoms with van der Waals surface area (Å²) in [5.41, 5.74) is 7.64. The smallest absolute Gasteiger partial charge is 0.406 e. The van der Waals surface area contributed by atoms with Gasteiger partial charge in [-0.05, 0) is 71.6 Å². The number of hydrogen-bond donors (Lipinski definition) is 2. The Kier molecular flexibility index (Phi) is 7.00. The summed E-state index contributed by atoms with van der Waals surface area (Å²) in [6, 6.07) is 13.5. The highest BCUT2D eigenvalue weighted by Crippen LogP contribution is 2.29. The Morgan fingerprint density at radius 1 is 1.13 bits per heavy atom. The number of anilines is 1. The van der Waals surface area contributed by atoms with Crippen LogP contribution in [0.5, 0.6) is 5.75 Å². The fraction of sp³-hybridized carbons (Fsp3) is 0.154. The maximum atomic E-state index is 12.5. The van der Waals surface area contributed by atoms with Crippen LogP contribution in [0, 0.1) is 0 Å². The zero-order chi connectivity index (χ0) is 26.9. The van der Waals surface area contributed by atoms with Gasteiger partial charge in [0.1, 0.15) is 17.2 Å². The third-order valence-electron chi connectivity index (χ3n) is 5.63. The number of benzene rings is 2. The first-order chi connectivity index (χ1) is 18.2. The topological polar surface area (TPSA) is 75.8 Å². The summed E-state index contributed by atoms with van der Waals surface area (Å²) in [4.78, 5) is 9.98. The Morgan fingerprint density at radius 3 is 2.66 bits per heavy atom. The van der Waals surface area contributed by atoms with E-state index in [4.69, 9.17) is 12.2 Å². The molecule has 0 spiro atoms. The number of nitrogens with zero attached hydrogens (tertiary/aromatic N) is 4. The Bertz CT molecular complexity index is 1640. The summed E-state index contributed by atoms with van der Waals surface area (Å²) in [6.07, 6.45) is 0.502. The molecule has 2 N–H and O–H groups in total. The van der Waals surface area contributed by atoms with E-state index in [1.807, 2.05) is 34.9 Å². The summed E-state index contributed by atoms with van der Waals surface area (Å²) in [7, 11) is 0. The fourth-order valence-electron chi connectivity index (χ4n) is 3.97. The van der Waals surface area contributed by atoms with Gasteiger partial charge in [-0.3, -0.25) is 9.83 Å². The molecule has 0 unspecified atom stereocenters. The lowest BCUT2D eigenvalue weighted by Gasteiger charge is -2.09. The van der Waals surface area contributed by atoms with Crippen LogP contribution >= 0.6 is 23.6 Å². The van der Waals surface area contributed by atoms with Crippen LogP contribution in [-0.4, -0.2) is 32.1 Å². The zero-order valence-corrected chi connectivity index (χ0v) is 21.8. The molecule has 38 heavy (non-hydrogen) atoms. The van der Waals surface area contributed by atoms with Crippen LogP contribution in [0.25, 0.3) is 27.7 Å². The molecule has 0 saturated heterocycles. The molecule has 0 fully saturated rings. The highest BCUT2D eigenvalue weighted by Gasteiger charge is 2.31. The number of fused-ring (bicyclic) bond motifs is 3. The highest BCUT2D eigenvalue weighted by molar-refractivity contribution is 7.80. The van der Waals surface area contributed by atoms with Gasteiger partial charge in [0.15, 0.2) is 5.11 Å². The van der Waals surface area contributed by atoms with E-state index < -0.39 is 6.36 Å². The molecule has 0 amide bonds. The predicted molar refractivity (Wildman–Crippen MR) is 148 cm³/mol. The Labute approximate surface area is 225 Å². The maximum absolute atomic E-state index is 12.5. The molecule has 7 nitrogen and oxygen atoms in total. The van der Waals surface area contributed by atoms with Gasteiger partial charge < -0.3 is 10.1 Å². The molecule has 0 aliphatic heterocycles. The van der Waals surface area contributed by atoms with E-state index in [0.717, 1.165) is 38.4 Å². The third-order valence-corrected chi connectivity index (χ3v) is 6.95. The zero-order valence-electron chi connectivity index (χ0n) is 20.2. The summed E-state index contributed by atoms with van der Waals surface area (Å²) in [6.45, 7) is 4.19. The number of ether oxygens (including phenoxy) is 1. The quantitative estimate of drug-likeness (QED) is 0.134. The van der Waals surface area contributed by atoms with Crippen LogP contribution in [0.4, 0.5) is 19.0 Å². The van der Waals surface area contributed by atoms with Crippen LogP contribution in [0.15, 0.2) is 71.5 Å². The summed E-state index contributed by atoms with van der Waals surface area (Å²) in [5.74, 6) is 0.797. The van der Waals surface area contributed by atoms with Gasteiger partial charge in [0.2, 0.25) is 0 Å². The van der Waals surface area contributed by atoms with Crippen LogP contribution in [-0.2, 0) is 0 Å². The molecule has 194 valence electrons. The minimum atomic E-state index is -4.73. The van der Waals surface area contributed by atoms with Crippen molar-refractivity contribution in [3.05, 3.63) is 76.9 Å². The number of imidazole rings is 1. The van der Waals surface area contributed by atoms with Crippen LogP contribution in [0.2, 0.25) is 0 Å². The first-order valence-corrected chi connectivity index (χ1v) is 12.8. The van der Waals surface area contributed by atoms with Crippen molar-refractivity contribution >= 4 is 57.1 Å². The fourth-order valence-corrected chi connectivity index (χ4v) is 4.88. The highest BCUT2D eigenvalue weighted by atomic mass is 32.1. The number of halogens is 3. The van der Waals surface area contributed by atoms with Crippen molar-refractivity contribution in [3.8, 4) is 17.0 Å². The van der Waals surface area contributed by atoms with Crippen molar-refractivity contribution in [1.29, 1.82) is 0 Å². The van der Waals surface area contributed by atoms with Gasteiger partial charge in [-0.2, -0.15) is 5.10 Å². The maximum Gasteiger partial charge on any atom is 0.573 e. The molecule has 2 aromatic carbocycles. The van der Waals surface area contributed by atoms with Gasteiger partial charge in [0.25, 0.3) is 0 Å². The monoisotopic (exact) mass is 554 g/mol. The SMILES string of the molecule is CC(C)c1scnc1NC(=S)N/N=C/c1ccc2c(ccn3c(-c4ccc(OC(F)(F)F)cc4)cnc23)c1. The molecule has 0 aliphatic rings. The second-order valence-electron chi connectivity index (χ2n) is 8.62. The van der Waals surface area contributed by atoms with Crippen LogP contribution in [0.3, 0.4) is 0 Å². The van der Waals surface area contributed by atoms with E-state index in [9.17, 15) is 13.2 Å². The number of hydrazone groups is 1. The molecule has 0 saturated carbocycles. The summed E-state index contributed by atoms with van der Waals surface area (Å²) < 4.78 is 43.2. The summed E-state index contributed by atoms with van der Waals surface area (Å²) in [5, 5.41) is 9.53. The number of thiocarbonyl (C=S) groups is 1. The lowest BCUT2D eigenvalue weighted by Crippen LogP contribution is -2.24. The minimum absolute atomic E-state index is 0.274. The molecule has 0 atom stereocenters. The number of thiazole rings is 1. The average Bonchev–Trinajstić information content (AvgIpc) is 3.51. The standard InChI is InChI=1S/C26H21F3N6OS2/c1-15(2)22-23(31-14-38-22)33-25(37)34-32-12-16-3-8-20-18(11-16)9-10-35-21(13-30-24(20)35)17-4-6-19(7-5-17)36-26(27,28)29/h3-15H,1-2H3,(H2,33,34,37)/b32-12+. The molecular weight excluding hydrogens is 533 g/mol. The molecule has 0 aliphatic carbocycles. The largest absolute Gasteiger partial charge is 0.573 e. The lowest BCUT2D eigenvalue weighted by atomic mass is 10.1. The first-order valence-electron chi connectivity index (χ1n) is 11.5. The van der Waals surface area contributed by atoms with Gasteiger partial charge in [-0.15, -0.1) is 24.5 Å². The van der Waals surface area contributed by atoms with E-state index in [2.05, 4.69) is 44.4 Å². The van der Waals surface area contributed by atoms with E-state index in [1.165, 1.54) is 12.1 Å². The number of aromatic nitrogens is 3. The van der Waals surface area contributed by atoms with Crippen molar-refractivity contribution in [2.75, 3.05) is 5.32 Å². The minimum Gasteiger partial charge on any atom is -0.406 e. The Balaban J connectivity index is 1.31. The number of alkyl halides is 3. The molecule has 0 radical (unpaired) electrons. The number of rotatable bonds is 6. The molecular formula is C26H21F3N6OS2. The lowest BCUT2D eigenvalue weighted by molar-refractivity contribution is -0.274. The molecule has 5 rings (SSSR count). The number of pyridine rings is 1. The first kappa shape index (κ1) is 25.6. The molecule has 3 aromatic heterocycles. The van der Waals surface area contributed by atoms with E-state index in [0.29, 0.717) is 16.6 Å². The van der Waals surface area contributed by atoms with Gasteiger partial charge in [-0.25, -0.2) is 9.97 Å². The molecule has 5 aromatic rings. The van der Waals surface area contributed by atoms with E-state index in [1.54, 1.807) is 41.4 Å². The Morgan fingerprint density at radius 2 is 1.92 bits per heavy atom. The molecule has 12 heteroatoms. The molecule has 0 bridgehead atoms. The van der Waals surface area contributed by atoms with Crippen molar-refractivity contribution in [2.24, 2.45) is 5.10 Å². The third kappa shape index (κ3) is 5.60. The molecule has 3 heterocycles. The van der Waals surface area contributed by atoms with Crippen molar-refractivity contribution in [1.82, 2.24) is 19.8 Å². The summed E-state index contributed by atoms with van der Waals surface area (Å²) >= 11 is 6.90. The Hall–Kier alpha value is -4.03. The van der Waals surface area contributed by atoms with Gasteiger partial charge >= 0.3 is 6.36 Å². The predicted octanol–water partition coefficient (Wildman–Crippen LogP) is 6.95. The normalized spacial score (nSPS) is 12.1. The van der Waals surface area contributed by atoms with Crippen molar-refractivity contribution < 1.29 is 17.9 Å². The van der Waals surface area contributed by atoms with E-state index >= 15 is 0 Å². The number of hydrogen-bond acceptors (Lipinski definition) is 6.